The second-order valence-electron chi connectivity index (χ2n) is 7.35. The minimum absolute atomic E-state index is 0.0206. The molecule has 0 radical (unpaired) electrons. The van der Waals surface area contributed by atoms with Crippen LogP contribution in [0.4, 0.5) is 0 Å². The summed E-state index contributed by atoms with van der Waals surface area (Å²) in [6, 6.07) is 10.2. The van der Waals surface area contributed by atoms with Crippen molar-refractivity contribution in [3.8, 4) is 0 Å². The Morgan fingerprint density at radius 1 is 1.12 bits per heavy atom. The Kier molecular flexibility index (Phi) is 5.74. The van der Waals surface area contributed by atoms with Crippen LogP contribution in [0, 0.1) is 5.92 Å². The van der Waals surface area contributed by atoms with Crippen LogP contribution in [0.1, 0.15) is 44.1 Å². The van der Waals surface area contributed by atoms with Crippen LogP contribution in [0.15, 0.2) is 30.3 Å². The highest BCUT2D eigenvalue weighted by Crippen LogP contribution is 2.29. The predicted octanol–water partition coefficient (Wildman–Crippen LogP) is 1.98. The van der Waals surface area contributed by atoms with Gasteiger partial charge in [0.15, 0.2) is 0 Å². The normalized spacial score (nSPS) is 26.7. The van der Waals surface area contributed by atoms with E-state index in [1.807, 2.05) is 34.9 Å². The zero-order chi connectivity index (χ0) is 17.8. The molecule has 5 heteroatoms. The first-order valence-corrected chi connectivity index (χ1v) is 9.47. The van der Waals surface area contributed by atoms with Crippen molar-refractivity contribution in [1.82, 2.24) is 9.80 Å². The number of benzene rings is 1. The summed E-state index contributed by atoms with van der Waals surface area (Å²) in [6.07, 6.45) is 3.21. The molecule has 25 heavy (non-hydrogen) atoms. The lowest BCUT2D eigenvalue weighted by Gasteiger charge is -2.34. The van der Waals surface area contributed by atoms with Gasteiger partial charge >= 0.3 is 0 Å². The summed E-state index contributed by atoms with van der Waals surface area (Å²) in [6.45, 7) is 4.66. The summed E-state index contributed by atoms with van der Waals surface area (Å²) < 4.78 is 0. The number of nitrogens with zero attached hydrogens (tertiary/aromatic N) is 2. The Morgan fingerprint density at radius 2 is 1.88 bits per heavy atom. The molecule has 3 atom stereocenters. The third kappa shape index (κ3) is 4.03. The molecule has 5 nitrogen and oxygen atoms in total. The molecule has 136 valence electrons. The van der Waals surface area contributed by atoms with E-state index in [0.717, 1.165) is 25.8 Å². The van der Waals surface area contributed by atoms with Crippen LogP contribution < -0.4 is 5.73 Å². The highest BCUT2D eigenvalue weighted by Gasteiger charge is 2.38. The summed E-state index contributed by atoms with van der Waals surface area (Å²) >= 11 is 0. The monoisotopic (exact) mass is 343 g/mol. The highest BCUT2D eigenvalue weighted by molar-refractivity contribution is 5.82. The fraction of sp³-hybridized carbons (Fsp3) is 0.600. The summed E-state index contributed by atoms with van der Waals surface area (Å²) in [5.41, 5.74) is 7.53. The Hall–Kier alpha value is -1.88. The molecule has 2 amide bonds. The van der Waals surface area contributed by atoms with Crippen molar-refractivity contribution in [2.75, 3.05) is 26.2 Å². The number of hydrogen-bond acceptors (Lipinski definition) is 3. The van der Waals surface area contributed by atoms with E-state index in [-0.39, 0.29) is 29.7 Å². The van der Waals surface area contributed by atoms with Crippen molar-refractivity contribution >= 4 is 11.8 Å². The number of hydrogen-bond donors (Lipinski definition) is 1. The number of piperidine rings is 1. The van der Waals surface area contributed by atoms with Gasteiger partial charge in [0, 0.05) is 44.6 Å². The molecule has 1 unspecified atom stereocenters. The van der Waals surface area contributed by atoms with Crippen LogP contribution in [-0.4, -0.2) is 53.8 Å². The molecule has 2 saturated heterocycles. The third-order valence-electron chi connectivity index (χ3n) is 5.49. The predicted molar refractivity (Wildman–Crippen MR) is 98.0 cm³/mol. The van der Waals surface area contributed by atoms with Crippen molar-refractivity contribution in [2.45, 2.75) is 44.6 Å². The molecule has 0 aliphatic carbocycles. The van der Waals surface area contributed by atoms with E-state index in [1.165, 1.54) is 5.56 Å². The summed E-state index contributed by atoms with van der Waals surface area (Å²) in [4.78, 5) is 28.9. The second-order valence-corrected chi connectivity index (χ2v) is 7.35. The molecule has 0 bridgehead atoms. The lowest BCUT2D eigenvalue weighted by Crippen LogP contribution is -2.46. The van der Waals surface area contributed by atoms with Crippen molar-refractivity contribution in [3.05, 3.63) is 35.9 Å². The first kappa shape index (κ1) is 17.9. The van der Waals surface area contributed by atoms with Gasteiger partial charge in [-0.1, -0.05) is 37.3 Å². The van der Waals surface area contributed by atoms with Crippen molar-refractivity contribution in [1.29, 1.82) is 0 Å². The molecule has 1 aromatic carbocycles. The van der Waals surface area contributed by atoms with E-state index in [0.29, 0.717) is 26.1 Å². The van der Waals surface area contributed by atoms with E-state index < -0.39 is 0 Å². The maximum atomic E-state index is 13.0. The largest absolute Gasteiger partial charge is 0.342 e. The molecule has 0 saturated carbocycles. The average molecular weight is 343 g/mol. The molecule has 1 aromatic rings. The van der Waals surface area contributed by atoms with Gasteiger partial charge in [-0.3, -0.25) is 9.59 Å². The van der Waals surface area contributed by atoms with E-state index in [2.05, 4.69) is 12.1 Å². The van der Waals surface area contributed by atoms with Crippen LogP contribution in [0.25, 0.3) is 0 Å². The molecule has 3 rings (SSSR count). The Labute approximate surface area is 150 Å². The van der Waals surface area contributed by atoms with Crippen molar-refractivity contribution in [3.63, 3.8) is 0 Å². The summed E-state index contributed by atoms with van der Waals surface area (Å²) in [5, 5.41) is 0. The van der Waals surface area contributed by atoms with E-state index >= 15 is 0 Å². The Morgan fingerprint density at radius 3 is 2.60 bits per heavy atom. The fourth-order valence-electron chi connectivity index (χ4n) is 4.10. The van der Waals surface area contributed by atoms with Gasteiger partial charge in [-0.25, -0.2) is 0 Å². The highest BCUT2D eigenvalue weighted by atomic mass is 16.2. The third-order valence-corrected chi connectivity index (χ3v) is 5.49. The fourth-order valence-corrected chi connectivity index (χ4v) is 4.10. The zero-order valence-corrected chi connectivity index (χ0v) is 15.1. The summed E-state index contributed by atoms with van der Waals surface area (Å²) in [5.74, 6) is 0.478. The van der Waals surface area contributed by atoms with Gasteiger partial charge < -0.3 is 15.5 Å². The zero-order valence-electron chi connectivity index (χ0n) is 15.1. The van der Waals surface area contributed by atoms with Gasteiger partial charge in [0.05, 0.1) is 5.92 Å². The van der Waals surface area contributed by atoms with Gasteiger partial charge in [0.25, 0.3) is 0 Å². The number of amides is 2. The van der Waals surface area contributed by atoms with Crippen molar-refractivity contribution in [2.24, 2.45) is 11.7 Å². The lowest BCUT2D eigenvalue weighted by atomic mass is 9.95. The minimum Gasteiger partial charge on any atom is -0.342 e. The topological polar surface area (TPSA) is 66.6 Å². The quantitative estimate of drug-likeness (QED) is 0.909. The van der Waals surface area contributed by atoms with Gasteiger partial charge in [-0.05, 0) is 24.8 Å². The summed E-state index contributed by atoms with van der Waals surface area (Å²) in [7, 11) is 0. The second kappa shape index (κ2) is 8.00. The lowest BCUT2D eigenvalue weighted by molar-refractivity contribution is -0.140. The number of nitrogens with two attached hydrogens (primary N) is 1. The molecule has 0 spiro atoms. The van der Waals surface area contributed by atoms with Crippen LogP contribution in [0.3, 0.4) is 0 Å². The standard InChI is InChI=1S/C20H29N3O2/c1-2-7-19(24)22-11-6-10-16(12-22)20(25)23-13-17(18(21)14-23)15-8-4-3-5-9-15/h3-5,8-9,16-18H,2,6-7,10-14,21H2,1H3/t16?,17-,18+/m0/s1. The van der Waals surface area contributed by atoms with Crippen LogP contribution in [0.5, 0.6) is 0 Å². The van der Waals surface area contributed by atoms with E-state index in [9.17, 15) is 9.59 Å². The van der Waals surface area contributed by atoms with Gasteiger partial charge in [-0.2, -0.15) is 0 Å². The maximum absolute atomic E-state index is 13.0. The molecule has 2 N–H and O–H groups in total. The van der Waals surface area contributed by atoms with Crippen LogP contribution >= 0.6 is 0 Å². The molecular formula is C20H29N3O2. The molecule has 2 fully saturated rings. The molecule has 2 aliphatic rings. The van der Waals surface area contributed by atoms with Gasteiger partial charge in [-0.15, -0.1) is 0 Å². The van der Waals surface area contributed by atoms with Gasteiger partial charge in [0.2, 0.25) is 11.8 Å². The van der Waals surface area contributed by atoms with E-state index in [1.54, 1.807) is 0 Å². The maximum Gasteiger partial charge on any atom is 0.227 e. The van der Waals surface area contributed by atoms with E-state index in [4.69, 9.17) is 5.73 Å². The Balaban J connectivity index is 1.62. The minimum atomic E-state index is -0.0729. The Bertz CT molecular complexity index is 604. The molecule has 2 aliphatic heterocycles. The van der Waals surface area contributed by atoms with Crippen LogP contribution in [0.2, 0.25) is 0 Å². The first-order chi connectivity index (χ1) is 12.1. The molecular weight excluding hydrogens is 314 g/mol. The van der Waals surface area contributed by atoms with Crippen molar-refractivity contribution < 1.29 is 9.59 Å². The number of rotatable bonds is 4. The number of likely N-dealkylation sites (tertiary alicyclic amines) is 2. The smallest absolute Gasteiger partial charge is 0.227 e. The number of carbonyl (C=O) groups is 2. The first-order valence-electron chi connectivity index (χ1n) is 9.47. The molecule has 0 aromatic heterocycles. The average Bonchev–Trinajstić information content (AvgIpc) is 3.04. The molecule has 2 heterocycles. The SMILES string of the molecule is CCCC(=O)N1CCCC(C(=O)N2C[C@@H](N)[C@H](c3ccccc3)C2)C1. The number of carbonyl (C=O) groups excluding carboxylic acids is 2. The van der Waals surface area contributed by atoms with Crippen LogP contribution in [-0.2, 0) is 9.59 Å². The van der Waals surface area contributed by atoms with Gasteiger partial charge in [0.1, 0.15) is 0 Å².